The maximum Gasteiger partial charge on any atom is 0.109 e. The second-order valence-electron chi connectivity index (χ2n) is 5.33. The Morgan fingerprint density at radius 1 is 1.44 bits per heavy atom. The summed E-state index contributed by atoms with van der Waals surface area (Å²) in [6.45, 7) is 8.71. The molecule has 3 atom stereocenters. The molecule has 1 aliphatic heterocycles. The Morgan fingerprint density at radius 3 is 2.67 bits per heavy atom. The molecule has 3 unspecified atom stereocenters. The van der Waals surface area contributed by atoms with E-state index >= 15 is 0 Å². The number of aryl methyl sites for hydroxylation is 1. The molecular formula is C14H24N2OS. The molecule has 0 spiro atoms. The minimum absolute atomic E-state index is 0.345. The van der Waals surface area contributed by atoms with Crippen molar-refractivity contribution in [1.82, 2.24) is 10.3 Å². The van der Waals surface area contributed by atoms with Gasteiger partial charge in [-0.05, 0) is 40.0 Å². The third-order valence-electron chi connectivity index (χ3n) is 3.47. The molecule has 0 bridgehead atoms. The summed E-state index contributed by atoms with van der Waals surface area (Å²) < 4.78 is 5.77. The second-order valence-corrected chi connectivity index (χ2v) is 6.48. The summed E-state index contributed by atoms with van der Waals surface area (Å²) in [7, 11) is 0. The SMILES string of the molecule is CCc1cnc(C(C)NC2CC(C)OC(C)C2)s1. The molecule has 2 heterocycles. The Balaban J connectivity index is 1.92. The van der Waals surface area contributed by atoms with E-state index in [0.29, 0.717) is 24.3 Å². The third kappa shape index (κ3) is 3.53. The molecule has 4 heteroatoms. The van der Waals surface area contributed by atoms with Crippen LogP contribution in [0, 0.1) is 0 Å². The van der Waals surface area contributed by atoms with E-state index in [4.69, 9.17) is 4.74 Å². The van der Waals surface area contributed by atoms with Crippen LogP contribution in [0.1, 0.15) is 56.5 Å². The Morgan fingerprint density at radius 2 is 2.11 bits per heavy atom. The van der Waals surface area contributed by atoms with Crippen LogP contribution in [0.2, 0.25) is 0 Å². The summed E-state index contributed by atoms with van der Waals surface area (Å²) in [6, 6.07) is 0.894. The highest BCUT2D eigenvalue weighted by Crippen LogP contribution is 2.24. The van der Waals surface area contributed by atoms with Crippen LogP contribution in [0.5, 0.6) is 0 Å². The fraction of sp³-hybridized carbons (Fsp3) is 0.786. The van der Waals surface area contributed by atoms with Gasteiger partial charge in [-0.15, -0.1) is 11.3 Å². The van der Waals surface area contributed by atoms with E-state index in [2.05, 4.69) is 38.0 Å². The minimum atomic E-state index is 0.345. The molecule has 0 saturated carbocycles. The monoisotopic (exact) mass is 268 g/mol. The largest absolute Gasteiger partial charge is 0.375 e. The summed E-state index contributed by atoms with van der Waals surface area (Å²) >= 11 is 1.83. The highest BCUT2D eigenvalue weighted by atomic mass is 32.1. The number of ether oxygens (including phenoxy) is 1. The molecule has 1 aromatic rings. The molecule has 0 aliphatic carbocycles. The van der Waals surface area contributed by atoms with E-state index in [1.54, 1.807) is 0 Å². The molecule has 0 aromatic carbocycles. The van der Waals surface area contributed by atoms with Gasteiger partial charge in [0.15, 0.2) is 0 Å². The van der Waals surface area contributed by atoms with Crippen molar-refractivity contribution in [3.8, 4) is 0 Å². The van der Waals surface area contributed by atoms with Crippen molar-refractivity contribution >= 4 is 11.3 Å². The van der Waals surface area contributed by atoms with E-state index < -0.39 is 0 Å². The molecule has 1 N–H and O–H groups in total. The number of rotatable bonds is 4. The van der Waals surface area contributed by atoms with Crippen molar-refractivity contribution in [2.24, 2.45) is 0 Å². The predicted octanol–water partition coefficient (Wildman–Crippen LogP) is 3.31. The van der Waals surface area contributed by atoms with Gasteiger partial charge in [0.25, 0.3) is 0 Å². The lowest BCUT2D eigenvalue weighted by atomic mass is 9.99. The van der Waals surface area contributed by atoms with Gasteiger partial charge in [-0.3, -0.25) is 0 Å². The van der Waals surface area contributed by atoms with Crippen LogP contribution in [0.3, 0.4) is 0 Å². The van der Waals surface area contributed by atoms with Crippen LogP contribution < -0.4 is 5.32 Å². The molecule has 3 nitrogen and oxygen atoms in total. The van der Waals surface area contributed by atoms with Crippen LogP contribution in [0.25, 0.3) is 0 Å². The lowest BCUT2D eigenvalue weighted by Crippen LogP contribution is -2.42. The summed E-state index contributed by atoms with van der Waals surface area (Å²) in [6.07, 6.45) is 6.01. The summed E-state index contributed by atoms with van der Waals surface area (Å²) in [5, 5.41) is 4.91. The van der Waals surface area contributed by atoms with Crippen LogP contribution in [0.15, 0.2) is 6.20 Å². The molecule has 1 saturated heterocycles. The maximum absolute atomic E-state index is 5.77. The van der Waals surface area contributed by atoms with Gasteiger partial charge in [0, 0.05) is 17.1 Å². The topological polar surface area (TPSA) is 34.2 Å². The van der Waals surface area contributed by atoms with Gasteiger partial charge in [0.1, 0.15) is 5.01 Å². The number of thiazole rings is 1. The normalized spacial score (nSPS) is 30.3. The Bertz CT molecular complexity index is 370. The fourth-order valence-electron chi connectivity index (χ4n) is 2.65. The summed E-state index contributed by atoms with van der Waals surface area (Å²) in [4.78, 5) is 5.88. The van der Waals surface area contributed by atoms with Crippen LogP contribution in [-0.2, 0) is 11.2 Å². The Kier molecular flexibility index (Phi) is 4.76. The maximum atomic E-state index is 5.77. The van der Waals surface area contributed by atoms with Gasteiger partial charge in [0.05, 0.1) is 18.2 Å². The summed E-state index contributed by atoms with van der Waals surface area (Å²) in [5.41, 5.74) is 0. The number of nitrogens with one attached hydrogen (secondary N) is 1. The molecule has 1 aromatic heterocycles. The zero-order chi connectivity index (χ0) is 13.1. The number of aromatic nitrogens is 1. The smallest absolute Gasteiger partial charge is 0.109 e. The highest BCUT2D eigenvalue weighted by molar-refractivity contribution is 7.11. The standard InChI is InChI=1S/C14H24N2OS/c1-5-13-8-15-14(18-13)11(4)16-12-6-9(2)17-10(3)7-12/h8-12,16H,5-7H2,1-4H3. The third-order valence-corrected chi connectivity index (χ3v) is 4.80. The molecular weight excluding hydrogens is 244 g/mol. The summed E-state index contributed by atoms with van der Waals surface area (Å²) in [5.74, 6) is 0. The van der Waals surface area contributed by atoms with E-state index in [0.717, 1.165) is 19.3 Å². The fourth-order valence-corrected chi connectivity index (χ4v) is 3.52. The number of hydrogen-bond donors (Lipinski definition) is 1. The average molecular weight is 268 g/mol. The van der Waals surface area contributed by atoms with Crippen LogP contribution in [0.4, 0.5) is 0 Å². The van der Waals surface area contributed by atoms with Crippen LogP contribution in [-0.4, -0.2) is 23.2 Å². The first kappa shape index (κ1) is 14.0. The van der Waals surface area contributed by atoms with Gasteiger partial charge in [-0.2, -0.15) is 0 Å². The van der Waals surface area contributed by atoms with E-state index in [1.807, 2.05) is 17.5 Å². The zero-order valence-electron chi connectivity index (χ0n) is 11.8. The molecule has 0 radical (unpaired) electrons. The Labute approximate surface area is 114 Å². The van der Waals surface area contributed by atoms with E-state index in [9.17, 15) is 0 Å². The molecule has 1 aliphatic rings. The van der Waals surface area contributed by atoms with Crippen LogP contribution >= 0.6 is 11.3 Å². The van der Waals surface area contributed by atoms with Crippen molar-refractivity contribution < 1.29 is 4.74 Å². The molecule has 0 amide bonds. The van der Waals surface area contributed by atoms with Crippen molar-refractivity contribution in [3.05, 3.63) is 16.1 Å². The molecule has 1 fully saturated rings. The first-order valence-electron chi connectivity index (χ1n) is 6.94. The molecule has 2 rings (SSSR count). The second kappa shape index (κ2) is 6.13. The van der Waals surface area contributed by atoms with Gasteiger partial charge >= 0.3 is 0 Å². The molecule has 102 valence electrons. The van der Waals surface area contributed by atoms with Gasteiger partial charge in [-0.1, -0.05) is 6.92 Å². The highest BCUT2D eigenvalue weighted by Gasteiger charge is 2.26. The molecule has 18 heavy (non-hydrogen) atoms. The van der Waals surface area contributed by atoms with E-state index in [1.165, 1.54) is 9.88 Å². The van der Waals surface area contributed by atoms with Crippen molar-refractivity contribution in [1.29, 1.82) is 0 Å². The quantitative estimate of drug-likeness (QED) is 0.909. The van der Waals surface area contributed by atoms with Gasteiger partial charge in [0.2, 0.25) is 0 Å². The lowest BCUT2D eigenvalue weighted by molar-refractivity contribution is -0.0433. The van der Waals surface area contributed by atoms with E-state index in [-0.39, 0.29) is 0 Å². The lowest BCUT2D eigenvalue weighted by Gasteiger charge is -2.34. The predicted molar refractivity (Wildman–Crippen MR) is 76.1 cm³/mol. The van der Waals surface area contributed by atoms with Crippen molar-refractivity contribution in [3.63, 3.8) is 0 Å². The van der Waals surface area contributed by atoms with Crippen molar-refractivity contribution in [2.75, 3.05) is 0 Å². The number of nitrogens with zero attached hydrogens (tertiary/aromatic N) is 1. The first-order valence-corrected chi connectivity index (χ1v) is 7.76. The minimum Gasteiger partial charge on any atom is -0.375 e. The first-order chi connectivity index (χ1) is 8.58. The zero-order valence-corrected chi connectivity index (χ0v) is 12.6. The average Bonchev–Trinajstić information content (AvgIpc) is 2.75. The Hall–Kier alpha value is -0.450. The number of hydrogen-bond acceptors (Lipinski definition) is 4. The van der Waals surface area contributed by atoms with Gasteiger partial charge < -0.3 is 10.1 Å². The van der Waals surface area contributed by atoms with Gasteiger partial charge in [-0.25, -0.2) is 4.98 Å². The van der Waals surface area contributed by atoms with Crippen molar-refractivity contribution in [2.45, 2.75) is 71.2 Å².